The lowest BCUT2D eigenvalue weighted by Gasteiger charge is -2.16. The summed E-state index contributed by atoms with van der Waals surface area (Å²) in [5.41, 5.74) is 9.98. The van der Waals surface area contributed by atoms with Crippen LogP contribution in [0.15, 0.2) is 59.7 Å². The molecule has 1 nitrogen and oxygen atoms in total. The Morgan fingerprint density at radius 3 is 2.75 bits per heavy atom. The molecule has 0 aliphatic heterocycles. The minimum absolute atomic E-state index is 0. The molecule has 3 rings (SSSR count). The Morgan fingerprint density at radius 2 is 1.90 bits per heavy atom. The summed E-state index contributed by atoms with van der Waals surface area (Å²) in [4.78, 5) is 0. The second-order valence-corrected chi connectivity index (χ2v) is 5.03. The van der Waals surface area contributed by atoms with Crippen LogP contribution in [0.2, 0.25) is 0 Å². The summed E-state index contributed by atoms with van der Waals surface area (Å²) in [6, 6.07) is 8.66. The van der Waals surface area contributed by atoms with Crippen LogP contribution in [0.3, 0.4) is 0 Å². The summed E-state index contributed by atoms with van der Waals surface area (Å²) in [5, 5.41) is 2.68. The van der Waals surface area contributed by atoms with E-state index in [1.165, 1.54) is 27.2 Å². The van der Waals surface area contributed by atoms with Crippen LogP contribution < -0.4 is 16.2 Å². The Morgan fingerprint density at radius 1 is 1.05 bits per heavy atom. The number of hydrogen-bond acceptors (Lipinski definition) is 1. The zero-order valence-electron chi connectivity index (χ0n) is 11.5. The van der Waals surface area contributed by atoms with Crippen molar-refractivity contribution in [3.05, 3.63) is 70.2 Å². The fourth-order valence-electron chi connectivity index (χ4n) is 2.83. The van der Waals surface area contributed by atoms with Crippen LogP contribution in [-0.4, -0.2) is 6.54 Å². The normalized spacial score (nSPS) is 15.9. The van der Waals surface area contributed by atoms with E-state index in [2.05, 4.69) is 54.6 Å². The third kappa shape index (κ3) is 2.79. The van der Waals surface area contributed by atoms with Gasteiger partial charge >= 0.3 is 0 Å². The Hall–Kier alpha value is -1.57. The number of rotatable bonds is 3. The Kier molecular flexibility index (Phi) is 4.99. The fraction of sp³-hybridized carbons (Fsp3) is 0.222. The van der Waals surface area contributed by atoms with Gasteiger partial charge in [0.15, 0.2) is 0 Å². The van der Waals surface area contributed by atoms with Gasteiger partial charge in [-0.1, -0.05) is 54.6 Å². The maximum atomic E-state index is 5.70. The molecule has 0 atom stereocenters. The van der Waals surface area contributed by atoms with E-state index in [1.807, 2.05) is 0 Å². The minimum atomic E-state index is 0. The zero-order valence-corrected chi connectivity index (χ0v) is 12.3. The number of allylic oxidation sites excluding steroid dienone is 6. The molecule has 0 saturated heterocycles. The van der Waals surface area contributed by atoms with Crippen LogP contribution in [0.4, 0.5) is 0 Å². The summed E-state index contributed by atoms with van der Waals surface area (Å²) in [6.07, 6.45) is 14.3. The first-order valence-electron chi connectivity index (χ1n) is 6.97. The van der Waals surface area contributed by atoms with Gasteiger partial charge in [-0.15, -0.1) is 12.4 Å². The molecule has 2 aliphatic carbocycles. The van der Waals surface area contributed by atoms with Gasteiger partial charge < -0.3 is 5.73 Å². The van der Waals surface area contributed by atoms with Crippen LogP contribution in [0.5, 0.6) is 0 Å². The quantitative estimate of drug-likeness (QED) is 0.908. The van der Waals surface area contributed by atoms with Gasteiger partial charge in [-0.2, -0.15) is 0 Å². The monoisotopic (exact) mass is 285 g/mol. The lowest BCUT2D eigenvalue weighted by atomic mass is 9.89. The number of nitrogens with two attached hydrogens (primary N) is 1. The predicted molar refractivity (Wildman–Crippen MR) is 89.0 cm³/mol. The average Bonchev–Trinajstić information content (AvgIpc) is 2.62. The number of fused-ring (bicyclic) bond motifs is 2. The van der Waals surface area contributed by atoms with E-state index in [1.54, 1.807) is 0 Å². The SMILES string of the molecule is Cl.NCCCC1=c2ccccc2=CC=C2CC=CC=C21. The fourth-order valence-corrected chi connectivity index (χ4v) is 2.83. The molecular formula is C18H20ClN. The lowest BCUT2D eigenvalue weighted by molar-refractivity contribution is 0.860. The van der Waals surface area contributed by atoms with Gasteiger partial charge in [0.2, 0.25) is 0 Å². The van der Waals surface area contributed by atoms with Crippen molar-refractivity contribution in [1.82, 2.24) is 0 Å². The van der Waals surface area contributed by atoms with Gasteiger partial charge in [0.1, 0.15) is 0 Å². The molecule has 0 aromatic heterocycles. The van der Waals surface area contributed by atoms with Gasteiger partial charge in [-0.3, -0.25) is 0 Å². The lowest BCUT2D eigenvalue weighted by Crippen LogP contribution is -2.26. The molecule has 0 spiro atoms. The molecule has 2 aliphatic rings. The predicted octanol–water partition coefficient (Wildman–Crippen LogP) is 2.60. The Balaban J connectivity index is 0.00000147. The van der Waals surface area contributed by atoms with E-state index < -0.39 is 0 Å². The highest BCUT2D eigenvalue weighted by atomic mass is 35.5. The van der Waals surface area contributed by atoms with Crippen molar-refractivity contribution in [3.63, 3.8) is 0 Å². The molecule has 1 aromatic rings. The maximum absolute atomic E-state index is 5.70. The van der Waals surface area contributed by atoms with Crippen molar-refractivity contribution in [2.75, 3.05) is 6.54 Å². The second kappa shape index (κ2) is 6.74. The highest BCUT2D eigenvalue weighted by Crippen LogP contribution is 2.29. The Bertz CT molecular complexity index is 692. The summed E-state index contributed by atoms with van der Waals surface area (Å²) in [7, 11) is 0. The first-order chi connectivity index (χ1) is 9.40. The molecule has 2 heteroatoms. The van der Waals surface area contributed by atoms with E-state index >= 15 is 0 Å². The molecule has 1 aromatic carbocycles. The van der Waals surface area contributed by atoms with E-state index in [0.29, 0.717) is 0 Å². The van der Waals surface area contributed by atoms with Crippen LogP contribution in [0.1, 0.15) is 19.3 Å². The molecule has 0 unspecified atom stereocenters. The van der Waals surface area contributed by atoms with Gasteiger partial charge in [-0.25, -0.2) is 0 Å². The van der Waals surface area contributed by atoms with Crippen LogP contribution >= 0.6 is 12.4 Å². The molecule has 2 N–H and O–H groups in total. The van der Waals surface area contributed by atoms with Gasteiger partial charge in [0.05, 0.1) is 0 Å². The molecule has 0 heterocycles. The minimum Gasteiger partial charge on any atom is -0.330 e. The molecule has 0 saturated carbocycles. The standard InChI is InChI=1S/C18H19N.ClH/c19-13-5-10-18-16-8-3-1-6-14(16)11-12-15-7-2-4-9-17(15)18;/h1-4,6,8-9,11-12H,5,7,10,13,19H2;1H. The smallest absolute Gasteiger partial charge is 0.00741 e. The highest BCUT2D eigenvalue weighted by Gasteiger charge is 2.14. The average molecular weight is 286 g/mol. The van der Waals surface area contributed by atoms with Crippen LogP contribution in [-0.2, 0) is 0 Å². The first kappa shape index (κ1) is 14.8. The third-order valence-electron chi connectivity index (χ3n) is 3.79. The topological polar surface area (TPSA) is 26.0 Å². The zero-order chi connectivity index (χ0) is 13.1. The summed E-state index contributed by atoms with van der Waals surface area (Å²) < 4.78 is 0. The number of benzene rings is 1. The largest absolute Gasteiger partial charge is 0.330 e. The van der Waals surface area contributed by atoms with Crippen molar-refractivity contribution in [2.45, 2.75) is 19.3 Å². The third-order valence-corrected chi connectivity index (χ3v) is 3.79. The highest BCUT2D eigenvalue weighted by molar-refractivity contribution is 5.85. The molecule has 20 heavy (non-hydrogen) atoms. The Labute approximate surface area is 126 Å². The van der Waals surface area contributed by atoms with Gasteiger partial charge in [-0.05, 0) is 53.0 Å². The summed E-state index contributed by atoms with van der Waals surface area (Å²) >= 11 is 0. The van der Waals surface area contributed by atoms with E-state index in [9.17, 15) is 0 Å². The van der Waals surface area contributed by atoms with E-state index in [4.69, 9.17) is 5.73 Å². The van der Waals surface area contributed by atoms with Crippen molar-refractivity contribution < 1.29 is 0 Å². The molecule has 104 valence electrons. The van der Waals surface area contributed by atoms with Crippen molar-refractivity contribution in [1.29, 1.82) is 0 Å². The number of hydrogen-bond donors (Lipinski definition) is 1. The van der Waals surface area contributed by atoms with Crippen LogP contribution in [0, 0.1) is 0 Å². The van der Waals surface area contributed by atoms with E-state index in [0.717, 1.165) is 25.8 Å². The second-order valence-electron chi connectivity index (χ2n) is 5.03. The van der Waals surface area contributed by atoms with Crippen molar-refractivity contribution >= 4 is 24.1 Å². The van der Waals surface area contributed by atoms with E-state index in [-0.39, 0.29) is 12.4 Å². The number of halogens is 1. The van der Waals surface area contributed by atoms with Crippen LogP contribution in [0.25, 0.3) is 11.6 Å². The maximum Gasteiger partial charge on any atom is -0.00741 e. The van der Waals surface area contributed by atoms with Gasteiger partial charge in [0.25, 0.3) is 0 Å². The molecule has 0 amide bonds. The molecule has 0 fully saturated rings. The van der Waals surface area contributed by atoms with Gasteiger partial charge in [0, 0.05) is 0 Å². The molecular weight excluding hydrogens is 266 g/mol. The molecule has 0 bridgehead atoms. The van der Waals surface area contributed by atoms with Crippen molar-refractivity contribution in [3.8, 4) is 0 Å². The summed E-state index contributed by atoms with van der Waals surface area (Å²) in [5.74, 6) is 0. The summed E-state index contributed by atoms with van der Waals surface area (Å²) in [6.45, 7) is 0.748. The van der Waals surface area contributed by atoms with Crippen molar-refractivity contribution in [2.24, 2.45) is 5.73 Å². The first-order valence-corrected chi connectivity index (χ1v) is 6.97. The molecule has 0 radical (unpaired) electrons.